The number of aryl methyl sites for hydroxylation is 1. The van der Waals surface area contributed by atoms with Gasteiger partial charge in [-0.25, -0.2) is 8.42 Å². The molecule has 2 N–H and O–H groups in total. The van der Waals surface area contributed by atoms with Crippen LogP contribution in [-0.4, -0.2) is 19.2 Å². The highest BCUT2D eigenvalue weighted by Crippen LogP contribution is 2.20. The molecule has 0 aliphatic carbocycles. The maximum absolute atomic E-state index is 12.1. The van der Waals surface area contributed by atoms with Gasteiger partial charge in [0.05, 0.1) is 0 Å². The fourth-order valence-electron chi connectivity index (χ4n) is 1.62. The minimum Gasteiger partial charge on any atom is -0.315 e. The number of hydrogen-bond donors (Lipinski definition) is 2. The molecule has 0 spiro atoms. The zero-order valence-electron chi connectivity index (χ0n) is 10.8. The van der Waals surface area contributed by atoms with Crippen molar-refractivity contribution in [1.29, 1.82) is 0 Å². The van der Waals surface area contributed by atoms with Crippen LogP contribution in [0.5, 0.6) is 0 Å². The number of benzene rings is 1. The maximum Gasteiger partial charge on any atom is 0.306 e. The molecule has 0 radical (unpaired) electrons. The lowest BCUT2D eigenvalue weighted by Gasteiger charge is -2.07. The van der Waals surface area contributed by atoms with Gasteiger partial charge < -0.3 is 4.98 Å². The Balaban J connectivity index is 2.31. The van der Waals surface area contributed by atoms with Crippen molar-refractivity contribution in [2.45, 2.75) is 18.1 Å². The Bertz CT molecular complexity index is 801. The smallest absolute Gasteiger partial charge is 0.306 e. The number of anilines is 1. The highest BCUT2D eigenvalue weighted by Gasteiger charge is 2.20. The highest BCUT2D eigenvalue weighted by atomic mass is 32.2. The first-order chi connectivity index (χ1) is 9.29. The largest absolute Gasteiger partial charge is 0.315 e. The minimum absolute atomic E-state index is 0.0434. The van der Waals surface area contributed by atoms with E-state index in [0.29, 0.717) is 28.3 Å². The third kappa shape index (κ3) is 2.97. The van der Waals surface area contributed by atoms with E-state index in [0.717, 1.165) is 0 Å². The second-order valence-electron chi connectivity index (χ2n) is 4.17. The summed E-state index contributed by atoms with van der Waals surface area (Å²) in [5, 5.41) is 0. The number of ketones is 1. The Morgan fingerprint density at radius 1 is 1.25 bits per heavy atom. The van der Waals surface area contributed by atoms with Crippen LogP contribution in [0.4, 0.5) is 5.69 Å². The van der Waals surface area contributed by atoms with E-state index in [-0.39, 0.29) is 9.99 Å². The number of nitrogens with one attached hydrogen (secondary N) is 2. The number of thiazole rings is 1. The van der Waals surface area contributed by atoms with Gasteiger partial charge in [-0.3, -0.25) is 14.3 Å². The van der Waals surface area contributed by atoms with E-state index in [1.807, 2.05) is 0 Å². The van der Waals surface area contributed by atoms with Gasteiger partial charge in [0.25, 0.3) is 10.0 Å². The van der Waals surface area contributed by atoms with Crippen LogP contribution in [0.25, 0.3) is 0 Å². The first-order valence-corrected chi connectivity index (χ1v) is 7.93. The molecule has 1 aromatic carbocycles. The van der Waals surface area contributed by atoms with Gasteiger partial charge in [0.1, 0.15) is 0 Å². The Morgan fingerprint density at radius 3 is 2.30 bits per heavy atom. The molecule has 0 saturated carbocycles. The second kappa shape index (κ2) is 5.22. The molecule has 8 heteroatoms. The number of aromatic nitrogens is 1. The Hall–Kier alpha value is -1.93. The first-order valence-electron chi connectivity index (χ1n) is 5.63. The monoisotopic (exact) mass is 312 g/mol. The zero-order valence-corrected chi connectivity index (χ0v) is 12.4. The van der Waals surface area contributed by atoms with Crippen LogP contribution >= 0.6 is 11.3 Å². The third-order valence-corrected chi connectivity index (χ3v) is 5.55. The van der Waals surface area contributed by atoms with Gasteiger partial charge in [0.15, 0.2) is 9.99 Å². The van der Waals surface area contributed by atoms with Crippen molar-refractivity contribution in [3.05, 3.63) is 45.2 Å². The van der Waals surface area contributed by atoms with Crippen LogP contribution in [0.15, 0.2) is 33.3 Å². The molecule has 0 aliphatic heterocycles. The van der Waals surface area contributed by atoms with E-state index < -0.39 is 14.9 Å². The van der Waals surface area contributed by atoms with E-state index >= 15 is 0 Å². The van der Waals surface area contributed by atoms with Crippen molar-refractivity contribution in [3.63, 3.8) is 0 Å². The lowest BCUT2D eigenvalue weighted by molar-refractivity contribution is 0.101. The topological polar surface area (TPSA) is 96.1 Å². The summed E-state index contributed by atoms with van der Waals surface area (Å²) in [4.78, 5) is 24.3. The van der Waals surface area contributed by atoms with Crippen LogP contribution in [0.1, 0.15) is 23.0 Å². The van der Waals surface area contributed by atoms with Crippen LogP contribution < -0.4 is 9.60 Å². The van der Waals surface area contributed by atoms with Gasteiger partial charge in [0, 0.05) is 16.9 Å². The summed E-state index contributed by atoms with van der Waals surface area (Å²) in [5.74, 6) is -0.0981. The van der Waals surface area contributed by atoms with Crippen LogP contribution in [0, 0.1) is 6.92 Å². The van der Waals surface area contributed by atoms with Crippen LogP contribution in [0.3, 0.4) is 0 Å². The number of carbonyl (C=O) groups is 1. The molecular formula is C12H12N2O4S2. The number of aromatic amines is 1. The number of Topliss-reactive ketones (excluding diaryl/α,β-unsaturated/α-hetero) is 1. The second-order valence-corrected chi connectivity index (χ2v) is 7.03. The fourth-order valence-corrected chi connectivity index (χ4v) is 3.98. The molecule has 1 heterocycles. The number of carbonyl (C=O) groups excluding carboxylic acids is 1. The van der Waals surface area contributed by atoms with E-state index in [9.17, 15) is 18.0 Å². The van der Waals surface area contributed by atoms with Gasteiger partial charge >= 0.3 is 4.87 Å². The number of sulfonamides is 1. The van der Waals surface area contributed by atoms with Gasteiger partial charge in [-0.1, -0.05) is 11.3 Å². The molecule has 0 saturated heterocycles. The maximum atomic E-state index is 12.1. The van der Waals surface area contributed by atoms with Gasteiger partial charge in [-0.05, 0) is 38.1 Å². The van der Waals surface area contributed by atoms with Crippen molar-refractivity contribution < 1.29 is 13.2 Å². The van der Waals surface area contributed by atoms with E-state index in [1.165, 1.54) is 38.1 Å². The van der Waals surface area contributed by atoms with E-state index in [2.05, 4.69) is 9.71 Å². The summed E-state index contributed by atoms with van der Waals surface area (Å²) < 4.78 is 26.6. The Labute approximate surface area is 119 Å². The van der Waals surface area contributed by atoms with E-state index in [1.54, 1.807) is 0 Å². The molecule has 2 aromatic rings. The zero-order chi connectivity index (χ0) is 14.9. The third-order valence-electron chi connectivity index (χ3n) is 2.57. The lowest BCUT2D eigenvalue weighted by atomic mass is 10.1. The molecule has 0 fully saturated rings. The lowest BCUT2D eigenvalue weighted by Crippen LogP contribution is -2.12. The molecule has 0 atom stereocenters. The van der Waals surface area contributed by atoms with Crippen molar-refractivity contribution in [2.24, 2.45) is 0 Å². The summed E-state index contributed by atoms with van der Waals surface area (Å²) in [6, 6.07) is 6.07. The van der Waals surface area contributed by atoms with Gasteiger partial charge in [-0.15, -0.1) is 0 Å². The summed E-state index contributed by atoms with van der Waals surface area (Å²) in [6.07, 6.45) is 0. The van der Waals surface area contributed by atoms with Crippen LogP contribution in [0.2, 0.25) is 0 Å². The Kier molecular flexibility index (Phi) is 3.78. The predicted octanol–water partition coefficient (Wildman–Crippen LogP) is 1.75. The first kappa shape index (κ1) is 14.5. The van der Waals surface area contributed by atoms with Crippen molar-refractivity contribution in [2.75, 3.05) is 4.72 Å². The predicted molar refractivity (Wildman–Crippen MR) is 76.9 cm³/mol. The summed E-state index contributed by atoms with van der Waals surface area (Å²) in [6.45, 7) is 2.95. The summed E-state index contributed by atoms with van der Waals surface area (Å²) in [7, 11) is -3.80. The average Bonchev–Trinajstić information content (AvgIpc) is 2.69. The minimum atomic E-state index is -3.80. The average molecular weight is 312 g/mol. The molecule has 6 nitrogen and oxygen atoms in total. The van der Waals surface area contributed by atoms with Crippen molar-refractivity contribution in [3.8, 4) is 0 Å². The SMILES string of the molecule is CC(=O)c1ccc(NS(=O)(=O)c2sc(=O)[nH]c2C)cc1. The summed E-state index contributed by atoms with van der Waals surface area (Å²) >= 11 is 0.633. The molecule has 0 amide bonds. The molecule has 106 valence electrons. The molecule has 0 bridgehead atoms. The molecule has 0 unspecified atom stereocenters. The number of rotatable bonds is 4. The van der Waals surface area contributed by atoms with E-state index in [4.69, 9.17) is 0 Å². The summed E-state index contributed by atoms with van der Waals surface area (Å²) in [5.41, 5.74) is 1.12. The van der Waals surface area contributed by atoms with Crippen molar-refractivity contribution in [1.82, 2.24) is 4.98 Å². The molecular weight excluding hydrogens is 300 g/mol. The fraction of sp³-hybridized carbons (Fsp3) is 0.167. The molecule has 2 rings (SSSR count). The molecule has 20 heavy (non-hydrogen) atoms. The molecule has 1 aromatic heterocycles. The standard InChI is InChI=1S/C12H12N2O4S2/c1-7-11(19-12(16)13-7)20(17,18)14-10-5-3-9(4-6-10)8(2)15/h3-6,14H,1-2H3,(H,13,16). The number of H-pyrrole nitrogens is 1. The van der Waals surface area contributed by atoms with Gasteiger partial charge in [0.2, 0.25) is 0 Å². The van der Waals surface area contributed by atoms with Crippen molar-refractivity contribution >= 4 is 32.8 Å². The Morgan fingerprint density at radius 2 is 1.85 bits per heavy atom. The van der Waals surface area contributed by atoms with Gasteiger partial charge in [-0.2, -0.15) is 0 Å². The highest BCUT2D eigenvalue weighted by molar-refractivity contribution is 7.94. The van der Waals surface area contributed by atoms with Crippen LogP contribution in [-0.2, 0) is 10.0 Å². The molecule has 0 aliphatic rings. The quantitative estimate of drug-likeness (QED) is 0.841. The number of hydrogen-bond acceptors (Lipinski definition) is 5. The normalized spacial score (nSPS) is 11.3.